The molecule has 0 aliphatic carbocycles. The van der Waals surface area contributed by atoms with Gasteiger partial charge in [-0.15, -0.1) is 0 Å². The van der Waals surface area contributed by atoms with Gasteiger partial charge in [0.05, 0.1) is 17.6 Å². The molecule has 0 aromatic heterocycles. The Hall–Kier alpha value is -2.62. The van der Waals surface area contributed by atoms with E-state index >= 15 is 0 Å². The molecule has 0 saturated carbocycles. The lowest BCUT2D eigenvalue weighted by Crippen LogP contribution is -2.21. The number of aliphatic imine (C=N–C) groups is 1. The molecule has 18 heavy (non-hydrogen) atoms. The lowest BCUT2D eigenvalue weighted by Gasteiger charge is -2.24. The van der Waals surface area contributed by atoms with Crippen molar-refractivity contribution in [3.63, 3.8) is 0 Å². The number of nitrogens with two attached hydrogens (primary N) is 1. The van der Waals surface area contributed by atoms with E-state index in [0.29, 0.717) is 5.57 Å². The zero-order valence-electron chi connectivity index (χ0n) is 9.58. The fourth-order valence-corrected chi connectivity index (χ4v) is 2.00. The number of hydrogen-bond acceptors (Lipinski definition) is 3. The number of hydrogen-bond donors (Lipinski definition) is 1. The predicted molar refractivity (Wildman–Crippen MR) is 71.0 cm³/mol. The number of nitrogens with zero attached hydrogens (tertiary/aromatic N) is 2. The van der Waals surface area contributed by atoms with Gasteiger partial charge in [-0.25, -0.2) is 0 Å². The smallest absolute Gasteiger partial charge is 0.248 e. The van der Waals surface area contributed by atoms with Crippen LogP contribution in [0.1, 0.15) is 5.56 Å². The maximum atomic E-state index is 11.2. The van der Waals surface area contributed by atoms with Crippen LogP contribution in [-0.4, -0.2) is 12.1 Å². The highest BCUT2D eigenvalue weighted by molar-refractivity contribution is 5.97. The normalized spacial score (nSPS) is 16.3. The summed E-state index contributed by atoms with van der Waals surface area (Å²) in [6, 6.07) is 7.94. The molecule has 0 saturated heterocycles. The first-order chi connectivity index (χ1) is 8.75. The Morgan fingerprint density at radius 2 is 2.11 bits per heavy atom. The third kappa shape index (κ3) is 1.64. The van der Waals surface area contributed by atoms with Gasteiger partial charge in [0.1, 0.15) is 0 Å². The number of benzene rings is 1. The Balaban J connectivity index is 2.11. The number of rotatable bonds is 1. The summed E-state index contributed by atoms with van der Waals surface area (Å²) < 4.78 is 0. The molecule has 0 atom stereocenters. The molecule has 3 rings (SSSR count). The maximum Gasteiger partial charge on any atom is 0.248 e. The summed E-state index contributed by atoms with van der Waals surface area (Å²) in [6.07, 6.45) is 8.79. The van der Waals surface area contributed by atoms with Crippen molar-refractivity contribution in [2.75, 3.05) is 4.90 Å². The van der Waals surface area contributed by atoms with Gasteiger partial charge in [-0.05, 0) is 18.2 Å². The van der Waals surface area contributed by atoms with Gasteiger partial charge >= 0.3 is 0 Å². The molecule has 88 valence electrons. The van der Waals surface area contributed by atoms with Crippen LogP contribution < -0.4 is 10.6 Å². The number of carbonyl (C=O) groups excluding carboxylic acids is 1. The van der Waals surface area contributed by atoms with Crippen molar-refractivity contribution in [1.82, 2.24) is 0 Å². The van der Waals surface area contributed by atoms with E-state index in [4.69, 9.17) is 5.73 Å². The van der Waals surface area contributed by atoms with Gasteiger partial charge in [0.15, 0.2) is 0 Å². The highest BCUT2D eigenvalue weighted by Gasteiger charge is 2.18. The first kappa shape index (κ1) is 10.5. The molecule has 2 heterocycles. The van der Waals surface area contributed by atoms with Crippen LogP contribution in [0.25, 0.3) is 0 Å². The average Bonchev–Trinajstić information content (AvgIpc) is 2.57. The molecule has 1 aromatic rings. The summed E-state index contributed by atoms with van der Waals surface area (Å²) in [7, 11) is 0. The Labute approximate surface area is 104 Å². The number of allylic oxidation sites excluding steroid dienone is 1. The minimum atomic E-state index is -0.437. The quantitative estimate of drug-likeness (QED) is 0.808. The van der Waals surface area contributed by atoms with Crippen molar-refractivity contribution < 1.29 is 4.79 Å². The van der Waals surface area contributed by atoms with Crippen molar-refractivity contribution in [3.05, 3.63) is 65.7 Å². The van der Waals surface area contributed by atoms with Crippen LogP contribution in [0.15, 0.2) is 65.1 Å². The van der Waals surface area contributed by atoms with Crippen LogP contribution in [0, 0.1) is 0 Å². The number of amides is 1. The number of carbonyl (C=O) groups is 1. The molecular formula is C14H11N3O. The van der Waals surface area contributed by atoms with Crippen molar-refractivity contribution in [3.8, 4) is 0 Å². The van der Waals surface area contributed by atoms with Gasteiger partial charge in [0.25, 0.3) is 0 Å². The van der Waals surface area contributed by atoms with Gasteiger partial charge in [-0.1, -0.05) is 18.2 Å². The van der Waals surface area contributed by atoms with E-state index in [9.17, 15) is 4.79 Å². The van der Waals surface area contributed by atoms with Gasteiger partial charge < -0.3 is 10.6 Å². The topological polar surface area (TPSA) is 58.7 Å². The second-order valence-corrected chi connectivity index (χ2v) is 4.04. The zero-order valence-corrected chi connectivity index (χ0v) is 9.58. The molecule has 2 aliphatic rings. The molecule has 1 amide bonds. The Kier molecular flexibility index (Phi) is 2.34. The van der Waals surface area contributed by atoms with Crippen molar-refractivity contribution in [2.45, 2.75) is 0 Å². The van der Waals surface area contributed by atoms with Gasteiger partial charge in [0.2, 0.25) is 5.91 Å². The first-order valence-electron chi connectivity index (χ1n) is 5.57. The highest BCUT2D eigenvalue weighted by atomic mass is 16.1. The van der Waals surface area contributed by atoms with E-state index in [1.54, 1.807) is 24.6 Å². The minimum Gasteiger partial charge on any atom is -0.366 e. The molecule has 4 nitrogen and oxygen atoms in total. The van der Waals surface area contributed by atoms with E-state index < -0.39 is 5.91 Å². The van der Waals surface area contributed by atoms with E-state index in [0.717, 1.165) is 16.9 Å². The molecular weight excluding hydrogens is 226 g/mol. The fourth-order valence-electron chi connectivity index (χ4n) is 2.00. The average molecular weight is 237 g/mol. The van der Waals surface area contributed by atoms with Crippen molar-refractivity contribution in [1.29, 1.82) is 0 Å². The first-order valence-corrected chi connectivity index (χ1v) is 5.57. The van der Waals surface area contributed by atoms with Crippen LogP contribution in [0.5, 0.6) is 0 Å². The molecule has 2 aliphatic heterocycles. The van der Waals surface area contributed by atoms with E-state index in [1.807, 2.05) is 35.4 Å². The lowest BCUT2D eigenvalue weighted by molar-refractivity contribution is -0.114. The summed E-state index contributed by atoms with van der Waals surface area (Å²) in [5.74, 6) is -0.437. The standard InChI is InChI=1S/C14H11N3O/c15-14(18)10-5-6-17-12(7-10)9-16-8-11-3-1-2-4-13(11)17/h1-9H,(H2,15,18). The molecule has 0 radical (unpaired) electrons. The van der Waals surface area contributed by atoms with Gasteiger partial charge in [-0.3, -0.25) is 9.79 Å². The molecule has 0 spiro atoms. The monoisotopic (exact) mass is 237 g/mol. The number of fused-ring (bicyclic) bond motifs is 3. The largest absolute Gasteiger partial charge is 0.366 e. The molecule has 0 fully saturated rings. The van der Waals surface area contributed by atoms with Gasteiger partial charge in [0, 0.05) is 23.6 Å². The van der Waals surface area contributed by atoms with E-state index in [2.05, 4.69) is 4.99 Å². The van der Waals surface area contributed by atoms with Crippen LogP contribution in [0.3, 0.4) is 0 Å². The third-order valence-corrected chi connectivity index (χ3v) is 2.89. The second kappa shape index (κ2) is 4.00. The Morgan fingerprint density at radius 3 is 2.94 bits per heavy atom. The Morgan fingerprint density at radius 1 is 1.28 bits per heavy atom. The van der Waals surface area contributed by atoms with Crippen molar-refractivity contribution in [2.24, 2.45) is 10.7 Å². The SMILES string of the molecule is NC(=O)C1=CC2=CN=Cc3ccccc3N2C=C1. The number of primary amides is 1. The van der Waals surface area contributed by atoms with E-state index in [-0.39, 0.29) is 0 Å². The summed E-state index contributed by atoms with van der Waals surface area (Å²) >= 11 is 0. The van der Waals surface area contributed by atoms with Gasteiger partial charge in [-0.2, -0.15) is 0 Å². The van der Waals surface area contributed by atoms with Crippen LogP contribution in [0.4, 0.5) is 5.69 Å². The van der Waals surface area contributed by atoms with E-state index in [1.165, 1.54) is 0 Å². The molecule has 4 heteroatoms. The van der Waals surface area contributed by atoms with Crippen LogP contribution in [0.2, 0.25) is 0 Å². The van der Waals surface area contributed by atoms with Crippen LogP contribution >= 0.6 is 0 Å². The third-order valence-electron chi connectivity index (χ3n) is 2.89. The number of para-hydroxylation sites is 1. The maximum absolute atomic E-state index is 11.2. The molecule has 1 aromatic carbocycles. The van der Waals surface area contributed by atoms with Crippen LogP contribution in [-0.2, 0) is 4.79 Å². The fraction of sp³-hybridized carbons (Fsp3) is 0. The summed E-state index contributed by atoms with van der Waals surface area (Å²) in [5.41, 5.74) is 8.65. The summed E-state index contributed by atoms with van der Waals surface area (Å²) in [6.45, 7) is 0. The summed E-state index contributed by atoms with van der Waals surface area (Å²) in [5, 5.41) is 0. The van der Waals surface area contributed by atoms with Crippen molar-refractivity contribution >= 4 is 17.8 Å². The molecule has 0 unspecified atom stereocenters. The minimum absolute atomic E-state index is 0.437. The predicted octanol–water partition coefficient (Wildman–Crippen LogP) is 1.71. The Bertz CT molecular complexity index is 638. The molecule has 0 bridgehead atoms. The lowest BCUT2D eigenvalue weighted by atomic mass is 10.1. The zero-order chi connectivity index (χ0) is 12.5. The highest BCUT2D eigenvalue weighted by Crippen LogP contribution is 2.29. The number of anilines is 1. The summed E-state index contributed by atoms with van der Waals surface area (Å²) in [4.78, 5) is 17.4. The second-order valence-electron chi connectivity index (χ2n) is 4.04. The molecule has 2 N–H and O–H groups in total.